The van der Waals surface area contributed by atoms with Gasteiger partial charge in [-0.25, -0.2) is 4.79 Å². The summed E-state index contributed by atoms with van der Waals surface area (Å²) in [6, 6.07) is 8.57. The number of nitrogens with one attached hydrogen (secondary N) is 1. The van der Waals surface area contributed by atoms with Crippen LogP contribution in [0.2, 0.25) is 0 Å². The van der Waals surface area contributed by atoms with Crippen LogP contribution < -0.4 is 11.2 Å². The van der Waals surface area contributed by atoms with Gasteiger partial charge in [0.15, 0.2) is 5.72 Å². The van der Waals surface area contributed by atoms with Crippen LogP contribution in [0.15, 0.2) is 46.1 Å². The van der Waals surface area contributed by atoms with E-state index in [2.05, 4.69) is 4.98 Å². The number of aromatic amines is 1. The predicted octanol–water partition coefficient (Wildman–Crippen LogP) is -0.312. The SMILES string of the molecule is Cc1ccc([C@]2(n3ccc(=O)[nH]c3=O)C[C@H](O)[C@@H](CO)O2)cc1. The lowest BCUT2D eigenvalue weighted by Crippen LogP contribution is -2.45. The van der Waals surface area contributed by atoms with Crippen molar-refractivity contribution < 1.29 is 14.9 Å². The minimum Gasteiger partial charge on any atom is -0.394 e. The first-order valence-electron chi connectivity index (χ1n) is 7.32. The normalized spacial score (nSPS) is 27.3. The van der Waals surface area contributed by atoms with Gasteiger partial charge in [-0.2, -0.15) is 0 Å². The fourth-order valence-electron chi connectivity index (χ4n) is 2.95. The lowest BCUT2D eigenvalue weighted by Gasteiger charge is -2.31. The van der Waals surface area contributed by atoms with Gasteiger partial charge >= 0.3 is 5.69 Å². The minimum atomic E-state index is -1.28. The molecular formula is C16H18N2O5. The van der Waals surface area contributed by atoms with Crippen molar-refractivity contribution in [3.63, 3.8) is 0 Å². The van der Waals surface area contributed by atoms with E-state index in [-0.39, 0.29) is 13.0 Å². The zero-order valence-electron chi connectivity index (χ0n) is 12.6. The number of aromatic nitrogens is 2. The van der Waals surface area contributed by atoms with Crippen LogP contribution in [0.25, 0.3) is 0 Å². The Balaban J connectivity index is 2.20. The molecule has 2 aromatic rings. The number of hydrogen-bond donors (Lipinski definition) is 3. The van der Waals surface area contributed by atoms with Gasteiger partial charge in [0.1, 0.15) is 6.10 Å². The average Bonchev–Trinajstić information content (AvgIpc) is 2.85. The quantitative estimate of drug-likeness (QED) is 0.720. The fourth-order valence-corrected chi connectivity index (χ4v) is 2.95. The van der Waals surface area contributed by atoms with Crippen LogP contribution in [0.1, 0.15) is 17.5 Å². The molecule has 1 aliphatic rings. The van der Waals surface area contributed by atoms with Crippen LogP contribution in [-0.2, 0) is 10.5 Å². The van der Waals surface area contributed by atoms with Crippen molar-refractivity contribution in [3.8, 4) is 0 Å². The third-order valence-corrected chi connectivity index (χ3v) is 4.16. The van der Waals surface area contributed by atoms with Crippen molar-refractivity contribution >= 4 is 0 Å². The second kappa shape index (κ2) is 5.77. The van der Waals surface area contributed by atoms with E-state index in [0.29, 0.717) is 5.56 Å². The molecule has 23 heavy (non-hydrogen) atoms. The standard InChI is InChI=1S/C16H18N2O5/c1-10-2-4-11(5-3-10)16(8-12(20)13(9-19)23-16)18-7-6-14(21)17-15(18)22/h2-7,12-13,19-20H,8-9H2,1H3,(H,17,21,22)/t12-,13+,16-/m0/s1. The van der Waals surface area contributed by atoms with E-state index >= 15 is 0 Å². The molecule has 0 radical (unpaired) electrons. The van der Waals surface area contributed by atoms with Crippen molar-refractivity contribution in [1.82, 2.24) is 9.55 Å². The van der Waals surface area contributed by atoms with Gasteiger partial charge in [-0.15, -0.1) is 0 Å². The van der Waals surface area contributed by atoms with Gasteiger partial charge in [0, 0.05) is 24.2 Å². The van der Waals surface area contributed by atoms with Gasteiger partial charge in [0.2, 0.25) is 0 Å². The topological polar surface area (TPSA) is 105 Å². The Morgan fingerprint density at radius 2 is 2.00 bits per heavy atom. The Labute approximate surface area is 131 Å². The number of benzene rings is 1. The van der Waals surface area contributed by atoms with E-state index < -0.39 is 29.2 Å². The molecule has 122 valence electrons. The number of aryl methyl sites for hydroxylation is 1. The molecule has 1 aromatic carbocycles. The molecule has 0 aliphatic carbocycles. The van der Waals surface area contributed by atoms with Crippen molar-refractivity contribution in [2.24, 2.45) is 0 Å². The van der Waals surface area contributed by atoms with Gasteiger partial charge in [0.05, 0.1) is 12.7 Å². The molecule has 7 heteroatoms. The van der Waals surface area contributed by atoms with Gasteiger partial charge in [0.25, 0.3) is 5.56 Å². The number of hydrogen-bond acceptors (Lipinski definition) is 5. The van der Waals surface area contributed by atoms with Crippen molar-refractivity contribution in [2.45, 2.75) is 31.3 Å². The molecule has 3 rings (SSSR count). The van der Waals surface area contributed by atoms with E-state index in [1.165, 1.54) is 16.8 Å². The predicted molar refractivity (Wildman–Crippen MR) is 82.2 cm³/mol. The van der Waals surface area contributed by atoms with E-state index in [1.807, 2.05) is 19.1 Å². The van der Waals surface area contributed by atoms with E-state index in [0.717, 1.165) is 5.56 Å². The Hall–Kier alpha value is -2.22. The van der Waals surface area contributed by atoms with Crippen molar-refractivity contribution in [2.75, 3.05) is 6.61 Å². The Morgan fingerprint density at radius 3 is 2.57 bits per heavy atom. The zero-order chi connectivity index (χ0) is 16.6. The Kier molecular flexibility index (Phi) is 3.93. The lowest BCUT2D eigenvalue weighted by molar-refractivity contribution is -0.0937. The summed E-state index contributed by atoms with van der Waals surface area (Å²) in [6.07, 6.45) is -0.309. The molecule has 1 aliphatic heterocycles. The van der Waals surface area contributed by atoms with E-state index in [1.54, 1.807) is 12.1 Å². The molecule has 7 nitrogen and oxygen atoms in total. The first-order valence-corrected chi connectivity index (χ1v) is 7.32. The van der Waals surface area contributed by atoms with Crippen molar-refractivity contribution in [1.29, 1.82) is 0 Å². The lowest BCUT2D eigenvalue weighted by atomic mass is 9.96. The highest BCUT2D eigenvalue weighted by molar-refractivity contribution is 5.28. The molecule has 0 unspecified atom stereocenters. The van der Waals surface area contributed by atoms with Crippen LogP contribution in [-0.4, -0.2) is 38.6 Å². The molecule has 3 atom stereocenters. The van der Waals surface area contributed by atoms with Gasteiger partial charge in [-0.05, 0) is 6.92 Å². The highest BCUT2D eigenvalue weighted by Crippen LogP contribution is 2.39. The molecular weight excluding hydrogens is 300 g/mol. The number of ether oxygens (including phenoxy) is 1. The first-order chi connectivity index (χ1) is 11.0. The third-order valence-electron chi connectivity index (χ3n) is 4.16. The number of H-pyrrole nitrogens is 1. The highest BCUT2D eigenvalue weighted by atomic mass is 16.6. The van der Waals surface area contributed by atoms with E-state index in [4.69, 9.17) is 4.74 Å². The molecule has 0 saturated carbocycles. The van der Waals surface area contributed by atoms with Gasteiger partial charge in [-0.3, -0.25) is 14.3 Å². The Bertz CT molecular complexity index is 810. The Morgan fingerprint density at radius 1 is 1.30 bits per heavy atom. The summed E-state index contributed by atoms with van der Waals surface area (Å²) in [4.78, 5) is 25.8. The first kappa shape index (κ1) is 15.7. The third kappa shape index (κ3) is 2.63. The number of rotatable bonds is 3. The molecule has 2 heterocycles. The molecule has 0 amide bonds. The monoisotopic (exact) mass is 318 g/mol. The highest BCUT2D eigenvalue weighted by Gasteiger charge is 2.49. The largest absolute Gasteiger partial charge is 0.394 e. The molecule has 1 aromatic heterocycles. The summed E-state index contributed by atoms with van der Waals surface area (Å²) in [6.45, 7) is 1.57. The van der Waals surface area contributed by atoms with Crippen LogP contribution in [0.5, 0.6) is 0 Å². The number of aliphatic hydroxyl groups excluding tert-OH is 2. The van der Waals surface area contributed by atoms with Crippen LogP contribution in [0.3, 0.4) is 0 Å². The number of nitrogens with zero attached hydrogens (tertiary/aromatic N) is 1. The summed E-state index contributed by atoms with van der Waals surface area (Å²) >= 11 is 0. The van der Waals surface area contributed by atoms with Crippen LogP contribution in [0, 0.1) is 6.92 Å². The maximum Gasteiger partial charge on any atom is 0.330 e. The van der Waals surface area contributed by atoms with Gasteiger partial charge < -0.3 is 14.9 Å². The molecule has 0 spiro atoms. The van der Waals surface area contributed by atoms with Crippen LogP contribution >= 0.6 is 0 Å². The van der Waals surface area contributed by atoms with Crippen molar-refractivity contribution in [3.05, 3.63) is 68.5 Å². The molecule has 0 bridgehead atoms. The van der Waals surface area contributed by atoms with Gasteiger partial charge in [-0.1, -0.05) is 29.8 Å². The average molecular weight is 318 g/mol. The second-order valence-electron chi connectivity index (χ2n) is 5.74. The summed E-state index contributed by atoms with van der Waals surface area (Å²) in [5, 5.41) is 19.6. The summed E-state index contributed by atoms with van der Waals surface area (Å²) in [5.74, 6) is 0. The molecule has 1 fully saturated rings. The second-order valence-corrected chi connectivity index (χ2v) is 5.74. The van der Waals surface area contributed by atoms with Crippen LogP contribution in [0.4, 0.5) is 0 Å². The fraction of sp³-hybridized carbons (Fsp3) is 0.375. The molecule has 1 saturated heterocycles. The summed E-state index contributed by atoms with van der Waals surface area (Å²) in [5.41, 5.74) is -0.726. The summed E-state index contributed by atoms with van der Waals surface area (Å²) in [7, 11) is 0. The minimum absolute atomic E-state index is 0.0905. The maximum atomic E-state index is 12.3. The zero-order valence-corrected chi connectivity index (χ0v) is 12.6. The maximum absolute atomic E-state index is 12.3. The molecule has 3 N–H and O–H groups in total. The smallest absolute Gasteiger partial charge is 0.330 e. The number of aliphatic hydroxyl groups is 2. The summed E-state index contributed by atoms with van der Waals surface area (Å²) < 4.78 is 7.13. The van der Waals surface area contributed by atoms with E-state index in [9.17, 15) is 19.8 Å².